The zero-order chi connectivity index (χ0) is 10.1. The van der Waals surface area contributed by atoms with Crippen LogP contribution in [0.5, 0.6) is 0 Å². The zero-order valence-electron chi connectivity index (χ0n) is 7.65. The third kappa shape index (κ3) is 1.32. The Bertz CT molecular complexity index is 249. The summed E-state index contributed by atoms with van der Waals surface area (Å²) in [5.74, 6) is 3.31. The molecule has 0 aromatic rings. The zero-order valence-corrected chi connectivity index (χ0v) is 14.0. The van der Waals surface area contributed by atoms with E-state index in [-0.39, 0.29) is 6.47 Å². The van der Waals surface area contributed by atoms with Gasteiger partial charge < -0.3 is 0 Å². The second-order valence-electron chi connectivity index (χ2n) is 5.10. The van der Waals surface area contributed by atoms with Crippen LogP contribution < -0.4 is 0 Å². The maximum Gasteiger partial charge on any atom is 0.0883 e. The highest BCUT2D eigenvalue weighted by Gasteiger charge is 2.64. The van der Waals surface area contributed by atoms with Crippen molar-refractivity contribution in [2.45, 2.75) is 32.2 Å². The Hall–Kier alpha value is 1.92. The molecule has 0 aromatic carbocycles. The minimum absolute atomic E-state index is 0.167. The Morgan fingerprint density at radius 1 is 0.714 bits per heavy atom. The molecule has 4 heteroatoms. The van der Waals surface area contributed by atoms with Gasteiger partial charge in [0.25, 0.3) is 0 Å². The van der Waals surface area contributed by atoms with E-state index in [2.05, 4.69) is 63.7 Å². The highest BCUT2D eigenvalue weighted by atomic mass is 79.9. The van der Waals surface area contributed by atoms with Crippen LogP contribution >= 0.6 is 63.7 Å². The van der Waals surface area contributed by atoms with Crippen LogP contribution in [0.4, 0.5) is 0 Å². The third-order valence-electron chi connectivity index (χ3n) is 4.39. The van der Waals surface area contributed by atoms with Crippen molar-refractivity contribution in [2.75, 3.05) is 0 Å². The van der Waals surface area contributed by atoms with E-state index >= 15 is 0 Å². The Kier molecular flexibility index (Phi) is 2.55. The first-order chi connectivity index (χ1) is 6.42. The molecule has 0 aliphatic heterocycles. The second-order valence-corrected chi connectivity index (χ2v) is 12.5. The standard InChI is InChI=1S/C10H12Br4/c11-9(12)6-1-5-2-7(4-6)10(13,14)8(9)3-5/h5-8H,1-4H2/t5?,6-,7+,8?. The van der Waals surface area contributed by atoms with Gasteiger partial charge in [-0.1, -0.05) is 63.7 Å². The van der Waals surface area contributed by atoms with E-state index in [1.54, 1.807) is 0 Å². The molecule has 0 saturated heterocycles. The van der Waals surface area contributed by atoms with Gasteiger partial charge in [0.15, 0.2) is 0 Å². The van der Waals surface area contributed by atoms with Gasteiger partial charge in [-0.15, -0.1) is 0 Å². The molecular formula is C10H12Br4. The fourth-order valence-corrected chi connectivity index (χ4v) is 8.65. The quantitative estimate of drug-likeness (QED) is 0.453. The van der Waals surface area contributed by atoms with Crippen molar-refractivity contribution in [1.29, 1.82) is 0 Å². The molecule has 4 saturated carbocycles. The average Bonchev–Trinajstić information content (AvgIpc) is 2.09. The van der Waals surface area contributed by atoms with Gasteiger partial charge in [0.1, 0.15) is 0 Å². The third-order valence-corrected chi connectivity index (χ3v) is 9.19. The lowest BCUT2D eigenvalue weighted by atomic mass is 9.56. The van der Waals surface area contributed by atoms with E-state index in [0.717, 1.165) is 17.8 Å². The van der Waals surface area contributed by atoms with E-state index in [0.29, 0.717) is 5.92 Å². The van der Waals surface area contributed by atoms with Crippen LogP contribution in [-0.4, -0.2) is 6.47 Å². The summed E-state index contributed by atoms with van der Waals surface area (Å²) < 4.78 is 0.334. The van der Waals surface area contributed by atoms with Gasteiger partial charge in [-0.05, 0) is 43.4 Å². The summed E-state index contributed by atoms with van der Waals surface area (Å²) >= 11 is 15.7. The number of halogens is 4. The summed E-state index contributed by atoms with van der Waals surface area (Å²) in [6, 6.07) is 0. The maximum atomic E-state index is 3.92. The Balaban J connectivity index is 2.04. The van der Waals surface area contributed by atoms with Crippen LogP contribution in [0.3, 0.4) is 0 Å². The van der Waals surface area contributed by atoms with E-state index in [9.17, 15) is 0 Å². The molecule has 0 heterocycles. The summed E-state index contributed by atoms with van der Waals surface area (Å²) in [6.07, 6.45) is 5.53. The summed E-state index contributed by atoms with van der Waals surface area (Å²) in [4.78, 5) is 0. The molecule has 4 fully saturated rings. The summed E-state index contributed by atoms with van der Waals surface area (Å²) in [5, 5.41) is 0. The minimum Gasteiger partial charge on any atom is -0.0720 e. The van der Waals surface area contributed by atoms with Crippen LogP contribution in [0, 0.1) is 23.7 Å². The van der Waals surface area contributed by atoms with Gasteiger partial charge in [0, 0.05) is 5.92 Å². The van der Waals surface area contributed by atoms with Crippen LogP contribution in [0.25, 0.3) is 0 Å². The van der Waals surface area contributed by atoms with Gasteiger partial charge in [-0.3, -0.25) is 0 Å². The van der Waals surface area contributed by atoms with Crippen LogP contribution in [-0.2, 0) is 0 Å². The highest BCUT2D eigenvalue weighted by molar-refractivity contribution is 9.26. The molecule has 0 spiro atoms. The molecule has 0 radical (unpaired) electrons. The Morgan fingerprint density at radius 2 is 1.21 bits per heavy atom. The lowest BCUT2D eigenvalue weighted by molar-refractivity contribution is 0.0204. The molecule has 4 bridgehead atoms. The van der Waals surface area contributed by atoms with Crippen molar-refractivity contribution < 1.29 is 0 Å². The first-order valence-corrected chi connectivity index (χ1v) is 8.35. The molecular weight excluding hydrogens is 440 g/mol. The smallest absolute Gasteiger partial charge is 0.0720 e. The predicted octanol–water partition coefficient (Wildman–Crippen LogP) is 5.02. The lowest BCUT2D eigenvalue weighted by Crippen LogP contribution is -2.60. The molecule has 0 N–H and O–H groups in total. The molecule has 4 aliphatic carbocycles. The topological polar surface area (TPSA) is 0 Å². The fraction of sp³-hybridized carbons (Fsp3) is 1.00. The van der Waals surface area contributed by atoms with E-state index in [1.165, 1.54) is 25.7 Å². The number of hydrogen-bond acceptors (Lipinski definition) is 0. The van der Waals surface area contributed by atoms with Gasteiger partial charge in [0.05, 0.1) is 6.47 Å². The average molecular weight is 452 g/mol. The van der Waals surface area contributed by atoms with E-state index in [1.807, 2.05) is 0 Å². The highest BCUT2D eigenvalue weighted by Crippen LogP contribution is 2.71. The van der Waals surface area contributed by atoms with Gasteiger partial charge >= 0.3 is 0 Å². The molecule has 0 aromatic heterocycles. The molecule has 0 amide bonds. The SMILES string of the molecule is BrC1(Br)C2CC3C[C@@H]1C[C@H](C3)C2(Br)Br. The van der Waals surface area contributed by atoms with Crippen molar-refractivity contribution in [3.63, 3.8) is 0 Å². The maximum absolute atomic E-state index is 3.92. The van der Waals surface area contributed by atoms with E-state index in [4.69, 9.17) is 0 Å². The fourth-order valence-electron chi connectivity index (χ4n) is 3.73. The Morgan fingerprint density at radius 3 is 1.71 bits per heavy atom. The van der Waals surface area contributed by atoms with Crippen LogP contribution in [0.1, 0.15) is 25.7 Å². The normalized spacial score (nSPS) is 52.3. The first kappa shape index (κ1) is 11.0. The monoisotopic (exact) mass is 448 g/mol. The summed E-state index contributed by atoms with van der Waals surface area (Å²) in [6.45, 7) is 0. The Labute approximate surface area is 118 Å². The molecule has 0 nitrogen and oxygen atoms in total. The molecule has 80 valence electrons. The van der Waals surface area contributed by atoms with Crippen LogP contribution in [0.15, 0.2) is 0 Å². The van der Waals surface area contributed by atoms with Crippen molar-refractivity contribution in [1.82, 2.24) is 0 Å². The summed E-state index contributed by atoms with van der Waals surface area (Å²) in [5.41, 5.74) is 0. The van der Waals surface area contributed by atoms with Crippen LogP contribution in [0.2, 0.25) is 0 Å². The lowest BCUT2D eigenvalue weighted by Gasteiger charge is -2.62. The predicted molar refractivity (Wildman–Crippen MR) is 73.6 cm³/mol. The molecule has 2 unspecified atom stereocenters. The van der Waals surface area contributed by atoms with Crippen molar-refractivity contribution in [3.8, 4) is 0 Å². The molecule has 4 aliphatic rings. The molecule has 14 heavy (non-hydrogen) atoms. The number of rotatable bonds is 0. The molecule has 4 atom stereocenters. The largest absolute Gasteiger partial charge is 0.0883 e. The van der Waals surface area contributed by atoms with E-state index < -0.39 is 0 Å². The first-order valence-electron chi connectivity index (χ1n) is 5.18. The number of hydrogen-bond donors (Lipinski definition) is 0. The van der Waals surface area contributed by atoms with Crippen molar-refractivity contribution >= 4 is 63.7 Å². The minimum atomic E-state index is 0.167. The van der Waals surface area contributed by atoms with Gasteiger partial charge in [-0.25, -0.2) is 0 Å². The summed E-state index contributed by atoms with van der Waals surface area (Å²) in [7, 11) is 0. The van der Waals surface area contributed by atoms with Gasteiger partial charge in [-0.2, -0.15) is 0 Å². The van der Waals surface area contributed by atoms with Crippen molar-refractivity contribution in [2.24, 2.45) is 23.7 Å². The van der Waals surface area contributed by atoms with Crippen molar-refractivity contribution in [3.05, 3.63) is 0 Å². The second kappa shape index (κ2) is 3.23. The number of alkyl halides is 4. The molecule has 4 rings (SSSR count). The van der Waals surface area contributed by atoms with Gasteiger partial charge in [0.2, 0.25) is 0 Å².